The molecule has 0 spiro atoms. The van der Waals surface area contributed by atoms with E-state index in [0.717, 1.165) is 11.3 Å². The van der Waals surface area contributed by atoms with Crippen LogP contribution >= 0.6 is 11.6 Å². The number of nitrogens with two attached hydrogens (primary N) is 1. The van der Waals surface area contributed by atoms with Crippen LogP contribution < -0.4 is 15.4 Å². The zero-order valence-corrected chi connectivity index (χ0v) is 11.8. The molecule has 2 N–H and O–H groups in total. The number of aryl methyl sites for hydroxylation is 1. The van der Waals surface area contributed by atoms with E-state index >= 15 is 0 Å². The number of hydrogen-bond acceptors (Lipinski definition) is 3. The van der Waals surface area contributed by atoms with E-state index in [2.05, 4.69) is 0 Å². The van der Waals surface area contributed by atoms with Gasteiger partial charge in [0.05, 0.1) is 12.8 Å². The van der Waals surface area contributed by atoms with E-state index in [9.17, 15) is 4.79 Å². The van der Waals surface area contributed by atoms with Crippen LogP contribution in [-0.2, 0) is 4.79 Å². The molecule has 5 heteroatoms. The molecule has 0 unspecified atom stereocenters. The number of nitrogens with zero attached hydrogens (tertiary/aromatic N) is 1. The third-order valence-corrected chi connectivity index (χ3v) is 3.13. The molecule has 1 aromatic rings. The van der Waals surface area contributed by atoms with Crippen LogP contribution in [-0.4, -0.2) is 26.1 Å². The van der Waals surface area contributed by atoms with Gasteiger partial charge in [-0.2, -0.15) is 0 Å². The fourth-order valence-electron chi connectivity index (χ4n) is 1.76. The zero-order valence-electron chi connectivity index (χ0n) is 11.0. The van der Waals surface area contributed by atoms with Gasteiger partial charge in [0.1, 0.15) is 5.75 Å². The summed E-state index contributed by atoms with van der Waals surface area (Å²) in [5, 5.41) is 0.623. The highest BCUT2D eigenvalue weighted by molar-refractivity contribution is 6.31. The minimum absolute atomic E-state index is 0.0139. The molecule has 1 aromatic carbocycles. The van der Waals surface area contributed by atoms with E-state index in [1.165, 1.54) is 0 Å². The lowest BCUT2D eigenvalue weighted by atomic mass is 10.1. The maximum absolute atomic E-state index is 12.0. The van der Waals surface area contributed by atoms with Crippen molar-refractivity contribution in [2.24, 2.45) is 5.73 Å². The minimum atomic E-state index is -0.0139. The standard InChI is InChI=1S/C13H19ClN2O2/c1-4-16(13(17)5-6-15)11-7-9(2)10(14)8-12(11)18-3/h7-8H,4-6,15H2,1-3H3. The molecule has 0 fully saturated rings. The quantitative estimate of drug-likeness (QED) is 0.894. The molecular weight excluding hydrogens is 252 g/mol. The van der Waals surface area contributed by atoms with Gasteiger partial charge in [0.25, 0.3) is 0 Å². The van der Waals surface area contributed by atoms with Crippen molar-refractivity contribution in [3.8, 4) is 5.75 Å². The Kier molecular flexibility index (Phi) is 5.44. The molecule has 0 aliphatic carbocycles. The summed E-state index contributed by atoms with van der Waals surface area (Å²) in [5.41, 5.74) is 7.07. The van der Waals surface area contributed by atoms with Gasteiger partial charge in [-0.3, -0.25) is 4.79 Å². The average Bonchev–Trinajstić information content (AvgIpc) is 2.34. The van der Waals surface area contributed by atoms with Crippen molar-refractivity contribution in [1.82, 2.24) is 0 Å². The van der Waals surface area contributed by atoms with Crippen LogP contribution in [0.5, 0.6) is 5.75 Å². The number of carbonyl (C=O) groups excluding carboxylic acids is 1. The first-order chi connectivity index (χ1) is 8.54. The van der Waals surface area contributed by atoms with Crippen molar-refractivity contribution >= 4 is 23.2 Å². The number of rotatable bonds is 5. The van der Waals surface area contributed by atoms with Crippen LogP contribution in [0, 0.1) is 6.92 Å². The Bertz CT molecular complexity index is 435. The Morgan fingerprint density at radius 1 is 1.50 bits per heavy atom. The topological polar surface area (TPSA) is 55.6 Å². The van der Waals surface area contributed by atoms with Gasteiger partial charge in [-0.25, -0.2) is 0 Å². The molecule has 100 valence electrons. The summed E-state index contributed by atoms with van der Waals surface area (Å²) in [7, 11) is 1.56. The second-order valence-corrected chi connectivity index (χ2v) is 4.36. The van der Waals surface area contributed by atoms with E-state index in [4.69, 9.17) is 22.1 Å². The molecule has 0 aliphatic rings. The zero-order chi connectivity index (χ0) is 13.7. The van der Waals surface area contributed by atoms with Crippen molar-refractivity contribution in [3.05, 3.63) is 22.7 Å². The van der Waals surface area contributed by atoms with E-state index < -0.39 is 0 Å². The number of amides is 1. The maximum atomic E-state index is 12.0. The largest absolute Gasteiger partial charge is 0.495 e. The lowest BCUT2D eigenvalue weighted by molar-refractivity contribution is -0.118. The number of ether oxygens (including phenoxy) is 1. The van der Waals surface area contributed by atoms with E-state index in [0.29, 0.717) is 30.3 Å². The Hall–Kier alpha value is -1.26. The molecule has 0 atom stereocenters. The van der Waals surface area contributed by atoms with Gasteiger partial charge < -0.3 is 15.4 Å². The normalized spacial score (nSPS) is 10.3. The number of carbonyl (C=O) groups is 1. The van der Waals surface area contributed by atoms with Crippen LogP contribution in [0.1, 0.15) is 18.9 Å². The summed E-state index contributed by atoms with van der Waals surface area (Å²) < 4.78 is 5.28. The fraction of sp³-hybridized carbons (Fsp3) is 0.462. The second kappa shape index (κ2) is 6.61. The molecular formula is C13H19ClN2O2. The molecule has 0 aliphatic heterocycles. The summed E-state index contributed by atoms with van der Waals surface area (Å²) in [5.74, 6) is 0.581. The Morgan fingerprint density at radius 3 is 2.67 bits per heavy atom. The summed E-state index contributed by atoms with van der Waals surface area (Å²) in [6.45, 7) is 4.71. The number of benzene rings is 1. The molecule has 0 radical (unpaired) electrons. The Labute approximate surface area is 113 Å². The molecule has 18 heavy (non-hydrogen) atoms. The number of methoxy groups -OCH3 is 1. The van der Waals surface area contributed by atoms with Crippen LogP contribution in [0.25, 0.3) is 0 Å². The van der Waals surface area contributed by atoms with Crippen molar-refractivity contribution in [1.29, 1.82) is 0 Å². The van der Waals surface area contributed by atoms with Gasteiger partial charge in [0.2, 0.25) is 5.91 Å². The highest BCUT2D eigenvalue weighted by atomic mass is 35.5. The molecule has 0 saturated heterocycles. The van der Waals surface area contributed by atoms with Crippen LogP contribution in [0.2, 0.25) is 5.02 Å². The third-order valence-electron chi connectivity index (χ3n) is 2.73. The summed E-state index contributed by atoms with van der Waals surface area (Å²) in [6.07, 6.45) is 0.318. The summed E-state index contributed by atoms with van der Waals surface area (Å²) >= 11 is 6.05. The molecule has 0 bridgehead atoms. The van der Waals surface area contributed by atoms with Gasteiger partial charge in [0.15, 0.2) is 0 Å². The summed E-state index contributed by atoms with van der Waals surface area (Å²) in [4.78, 5) is 13.7. The van der Waals surface area contributed by atoms with Gasteiger partial charge in [-0.05, 0) is 25.5 Å². The first kappa shape index (κ1) is 14.8. The molecule has 0 aromatic heterocycles. The fourth-order valence-corrected chi connectivity index (χ4v) is 1.92. The van der Waals surface area contributed by atoms with Gasteiger partial charge >= 0.3 is 0 Å². The smallest absolute Gasteiger partial charge is 0.228 e. The highest BCUT2D eigenvalue weighted by Gasteiger charge is 2.18. The highest BCUT2D eigenvalue weighted by Crippen LogP contribution is 2.34. The van der Waals surface area contributed by atoms with Gasteiger partial charge in [-0.1, -0.05) is 11.6 Å². The average molecular weight is 271 g/mol. The van der Waals surface area contributed by atoms with Gasteiger partial charge in [-0.15, -0.1) is 0 Å². The van der Waals surface area contributed by atoms with Crippen LogP contribution in [0.3, 0.4) is 0 Å². The van der Waals surface area contributed by atoms with E-state index in [1.54, 1.807) is 18.1 Å². The summed E-state index contributed by atoms with van der Waals surface area (Å²) in [6, 6.07) is 3.59. The lowest BCUT2D eigenvalue weighted by Crippen LogP contribution is -2.32. The van der Waals surface area contributed by atoms with Crippen molar-refractivity contribution in [2.45, 2.75) is 20.3 Å². The maximum Gasteiger partial charge on any atom is 0.228 e. The predicted octanol–water partition coefficient (Wildman–Crippen LogP) is 2.36. The minimum Gasteiger partial charge on any atom is -0.495 e. The molecule has 4 nitrogen and oxygen atoms in total. The Morgan fingerprint density at radius 2 is 2.17 bits per heavy atom. The predicted molar refractivity (Wildman–Crippen MR) is 74.4 cm³/mol. The molecule has 0 heterocycles. The van der Waals surface area contributed by atoms with E-state index in [1.807, 2.05) is 19.9 Å². The first-order valence-corrected chi connectivity index (χ1v) is 6.27. The molecule has 1 rings (SSSR count). The molecule has 1 amide bonds. The third kappa shape index (κ3) is 3.15. The van der Waals surface area contributed by atoms with Crippen molar-refractivity contribution in [3.63, 3.8) is 0 Å². The van der Waals surface area contributed by atoms with E-state index in [-0.39, 0.29) is 5.91 Å². The second-order valence-electron chi connectivity index (χ2n) is 3.95. The number of anilines is 1. The lowest BCUT2D eigenvalue weighted by Gasteiger charge is -2.24. The monoisotopic (exact) mass is 270 g/mol. The van der Waals surface area contributed by atoms with Gasteiger partial charge in [0, 0.05) is 30.6 Å². The van der Waals surface area contributed by atoms with Crippen LogP contribution in [0.4, 0.5) is 5.69 Å². The van der Waals surface area contributed by atoms with Crippen LogP contribution in [0.15, 0.2) is 12.1 Å². The molecule has 0 saturated carbocycles. The first-order valence-electron chi connectivity index (χ1n) is 5.89. The number of halogens is 1. The SMILES string of the molecule is CCN(C(=O)CCN)c1cc(C)c(Cl)cc1OC. The van der Waals surface area contributed by atoms with Crippen molar-refractivity contribution < 1.29 is 9.53 Å². The number of hydrogen-bond donors (Lipinski definition) is 1. The Balaban J connectivity index is 3.19. The van der Waals surface area contributed by atoms with Crippen molar-refractivity contribution in [2.75, 3.05) is 25.1 Å².